The van der Waals surface area contributed by atoms with E-state index in [9.17, 15) is 0 Å². The minimum Gasteiger partial charge on any atom is -0.373 e. The highest BCUT2D eigenvalue weighted by molar-refractivity contribution is 4.88. The Morgan fingerprint density at radius 3 is 2.56 bits per heavy atom. The van der Waals surface area contributed by atoms with Crippen molar-refractivity contribution in [3.8, 4) is 0 Å². The fraction of sp³-hybridized carbons (Fsp3) is 1.00. The van der Waals surface area contributed by atoms with E-state index in [1.165, 1.54) is 51.4 Å². The third-order valence-corrected chi connectivity index (χ3v) is 4.52. The van der Waals surface area contributed by atoms with Crippen LogP contribution in [-0.2, 0) is 4.74 Å². The highest BCUT2D eigenvalue weighted by atomic mass is 16.5. The zero-order valence-electron chi connectivity index (χ0n) is 10.7. The molecule has 2 nitrogen and oxygen atoms in total. The average Bonchev–Trinajstić information content (AvgIpc) is 2.79. The smallest absolute Gasteiger partial charge is 0.0806 e. The molecule has 16 heavy (non-hydrogen) atoms. The Balaban J connectivity index is 1.83. The van der Waals surface area contributed by atoms with Crippen LogP contribution in [-0.4, -0.2) is 18.8 Å². The van der Waals surface area contributed by atoms with E-state index in [1.54, 1.807) is 0 Å². The van der Waals surface area contributed by atoms with E-state index >= 15 is 0 Å². The van der Waals surface area contributed by atoms with E-state index in [2.05, 4.69) is 6.92 Å². The van der Waals surface area contributed by atoms with Crippen molar-refractivity contribution >= 4 is 0 Å². The third kappa shape index (κ3) is 2.98. The van der Waals surface area contributed by atoms with E-state index in [4.69, 9.17) is 10.5 Å². The Labute approximate surface area is 99.9 Å². The van der Waals surface area contributed by atoms with Gasteiger partial charge in [-0.25, -0.2) is 0 Å². The quantitative estimate of drug-likeness (QED) is 0.798. The summed E-state index contributed by atoms with van der Waals surface area (Å²) in [7, 11) is 0. The molecule has 0 bridgehead atoms. The molecule has 2 fully saturated rings. The van der Waals surface area contributed by atoms with Gasteiger partial charge in [0.2, 0.25) is 0 Å². The molecule has 2 rings (SSSR count). The molecule has 0 saturated heterocycles. The van der Waals surface area contributed by atoms with Crippen molar-refractivity contribution < 1.29 is 4.74 Å². The van der Waals surface area contributed by atoms with E-state index in [0.29, 0.717) is 6.54 Å². The lowest BCUT2D eigenvalue weighted by atomic mass is 9.78. The van der Waals surface area contributed by atoms with Crippen LogP contribution in [0.5, 0.6) is 0 Å². The Bertz CT molecular complexity index is 213. The van der Waals surface area contributed by atoms with Gasteiger partial charge in [-0.1, -0.05) is 32.6 Å². The van der Waals surface area contributed by atoms with Crippen LogP contribution in [0.15, 0.2) is 0 Å². The predicted molar refractivity (Wildman–Crippen MR) is 67.3 cm³/mol. The topological polar surface area (TPSA) is 35.2 Å². The SMILES string of the molecule is CC1CCCC(CN)(OCC2CCCC2)C1. The molecule has 2 heteroatoms. The maximum atomic E-state index is 6.25. The number of ether oxygens (including phenoxy) is 1. The summed E-state index contributed by atoms with van der Waals surface area (Å²) in [6.45, 7) is 4.01. The van der Waals surface area contributed by atoms with Crippen LogP contribution < -0.4 is 5.73 Å². The van der Waals surface area contributed by atoms with Gasteiger partial charge in [-0.3, -0.25) is 0 Å². The first kappa shape index (κ1) is 12.4. The molecule has 0 amide bonds. The van der Waals surface area contributed by atoms with Crippen molar-refractivity contribution in [2.75, 3.05) is 13.2 Å². The molecule has 2 unspecified atom stereocenters. The first-order valence-corrected chi connectivity index (χ1v) is 7.08. The fourth-order valence-corrected chi connectivity index (χ4v) is 3.46. The first-order chi connectivity index (χ1) is 7.74. The summed E-state index contributed by atoms with van der Waals surface area (Å²) in [5, 5.41) is 0. The molecule has 0 aliphatic heterocycles. The molecule has 0 spiro atoms. The van der Waals surface area contributed by atoms with Crippen LogP contribution in [0, 0.1) is 11.8 Å². The maximum Gasteiger partial charge on any atom is 0.0806 e. The molecule has 2 N–H and O–H groups in total. The molecular formula is C14H27NO. The molecule has 0 aromatic heterocycles. The molecule has 0 aromatic carbocycles. The summed E-state index contributed by atoms with van der Waals surface area (Å²) in [4.78, 5) is 0. The monoisotopic (exact) mass is 225 g/mol. The van der Waals surface area contributed by atoms with Gasteiger partial charge in [-0.2, -0.15) is 0 Å². The summed E-state index contributed by atoms with van der Waals surface area (Å²) in [5.74, 6) is 1.61. The van der Waals surface area contributed by atoms with Crippen molar-refractivity contribution in [1.82, 2.24) is 0 Å². The average molecular weight is 225 g/mol. The third-order valence-electron chi connectivity index (χ3n) is 4.52. The van der Waals surface area contributed by atoms with Gasteiger partial charge < -0.3 is 10.5 Å². The van der Waals surface area contributed by atoms with Gasteiger partial charge in [0.15, 0.2) is 0 Å². The van der Waals surface area contributed by atoms with Gasteiger partial charge in [0.25, 0.3) is 0 Å². The van der Waals surface area contributed by atoms with E-state index in [0.717, 1.165) is 18.4 Å². The lowest BCUT2D eigenvalue weighted by molar-refractivity contribution is -0.0861. The van der Waals surface area contributed by atoms with Crippen molar-refractivity contribution in [3.05, 3.63) is 0 Å². The minimum atomic E-state index is 0.0280. The van der Waals surface area contributed by atoms with Gasteiger partial charge in [0.05, 0.1) is 12.2 Å². The van der Waals surface area contributed by atoms with E-state index < -0.39 is 0 Å². The molecule has 0 radical (unpaired) electrons. The Kier molecular flexibility index (Phi) is 4.26. The van der Waals surface area contributed by atoms with E-state index in [-0.39, 0.29) is 5.60 Å². The van der Waals surface area contributed by atoms with E-state index in [1.807, 2.05) is 0 Å². The highest BCUT2D eigenvalue weighted by Gasteiger charge is 2.35. The van der Waals surface area contributed by atoms with Crippen molar-refractivity contribution in [2.45, 2.75) is 63.9 Å². The number of rotatable bonds is 4. The van der Waals surface area contributed by atoms with Crippen LogP contribution in [0.1, 0.15) is 58.3 Å². The fourth-order valence-electron chi connectivity index (χ4n) is 3.46. The summed E-state index contributed by atoms with van der Waals surface area (Å²) in [5.41, 5.74) is 5.99. The largest absolute Gasteiger partial charge is 0.373 e. The summed E-state index contributed by atoms with van der Waals surface area (Å²) < 4.78 is 6.25. The standard InChI is InChI=1S/C14H27NO/c1-12-5-4-8-14(9-12,11-15)16-10-13-6-2-3-7-13/h12-13H,2-11,15H2,1H3. The predicted octanol–water partition coefficient (Wildman–Crippen LogP) is 3.10. The molecule has 2 aliphatic rings. The number of hydrogen-bond donors (Lipinski definition) is 1. The van der Waals surface area contributed by atoms with Crippen molar-refractivity contribution in [2.24, 2.45) is 17.6 Å². The van der Waals surface area contributed by atoms with Crippen LogP contribution in [0.3, 0.4) is 0 Å². The molecule has 2 saturated carbocycles. The van der Waals surface area contributed by atoms with Gasteiger partial charge in [0, 0.05) is 6.54 Å². The molecule has 2 aliphatic carbocycles. The van der Waals surface area contributed by atoms with Gasteiger partial charge in [-0.05, 0) is 37.5 Å². The summed E-state index contributed by atoms with van der Waals surface area (Å²) in [6.07, 6.45) is 10.6. The molecular weight excluding hydrogens is 198 g/mol. The normalized spacial score (nSPS) is 36.8. The second kappa shape index (κ2) is 5.50. The lowest BCUT2D eigenvalue weighted by Crippen LogP contribution is -2.45. The van der Waals surface area contributed by atoms with Crippen molar-refractivity contribution in [3.63, 3.8) is 0 Å². The zero-order chi connectivity index (χ0) is 11.4. The summed E-state index contributed by atoms with van der Waals surface area (Å²) >= 11 is 0. The highest BCUT2D eigenvalue weighted by Crippen LogP contribution is 2.36. The number of nitrogens with two attached hydrogens (primary N) is 1. The van der Waals surface area contributed by atoms with Crippen LogP contribution in [0.4, 0.5) is 0 Å². The second-order valence-corrected chi connectivity index (χ2v) is 6.05. The Hall–Kier alpha value is -0.0800. The first-order valence-electron chi connectivity index (χ1n) is 7.08. The van der Waals surface area contributed by atoms with Crippen LogP contribution in [0.25, 0.3) is 0 Å². The number of hydrogen-bond acceptors (Lipinski definition) is 2. The summed E-state index contributed by atoms with van der Waals surface area (Å²) in [6, 6.07) is 0. The van der Waals surface area contributed by atoms with Crippen LogP contribution in [0.2, 0.25) is 0 Å². The van der Waals surface area contributed by atoms with Crippen LogP contribution >= 0.6 is 0 Å². The Morgan fingerprint density at radius 2 is 1.94 bits per heavy atom. The maximum absolute atomic E-state index is 6.25. The molecule has 0 heterocycles. The lowest BCUT2D eigenvalue weighted by Gasteiger charge is -2.39. The van der Waals surface area contributed by atoms with Gasteiger partial charge in [0.1, 0.15) is 0 Å². The minimum absolute atomic E-state index is 0.0280. The Morgan fingerprint density at radius 1 is 1.19 bits per heavy atom. The molecule has 94 valence electrons. The van der Waals surface area contributed by atoms with Gasteiger partial charge >= 0.3 is 0 Å². The van der Waals surface area contributed by atoms with Crippen molar-refractivity contribution in [1.29, 1.82) is 0 Å². The molecule has 2 atom stereocenters. The molecule has 0 aromatic rings. The second-order valence-electron chi connectivity index (χ2n) is 6.05. The van der Waals surface area contributed by atoms with Gasteiger partial charge in [-0.15, -0.1) is 0 Å². The zero-order valence-corrected chi connectivity index (χ0v) is 10.7.